The number of H-pyrrole nitrogens is 1. The minimum atomic E-state index is -1.37. The molecule has 2 aliphatic rings. The lowest BCUT2D eigenvalue weighted by Crippen LogP contribution is -2.45. The Balaban J connectivity index is 1.36. The first-order chi connectivity index (χ1) is 15.3. The summed E-state index contributed by atoms with van der Waals surface area (Å²) >= 11 is 12.2. The molecule has 0 saturated carbocycles. The Morgan fingerprint density at radius 2 is 1.94 bits per heavy atom. The van der Waals surface area contributed by atoms with E-state index in [9.17, 15) is 14.4 Å². The SMILES string of the molecule is CC1(c2ccc(Cl)cc2Cl)NC(=O)N(CC(=O)N2CCc3[nH]c4ccccc4c3C2)C1=O. The van der Waals surface area contributed by atoms with Gasteiger partial charge < -0.3 is 15.2 Å². The number of rotatable bonds is 3. The molecule has 0 spiro atoms. The average Bonchev–Trinajstić information content (AvgIpc) is 3.23. The Morgan fingerprint density at radius 1 is 1.16 bits per heavy atom. The Labute approximate surface area is 194 Å². The van der Waals surface area contributed by atoms with E-state index in [1.54, 1.807) is 24.0 Å². The lowest BCUT2D eigenvalue weighted by atomic mass is 9.92. The molecule has 164 valence electrons. The van der Waals surface area contributed by atoms with E-state index in [0.717, 1.165) is 27.1 Å². The van der Waals surface area contributed by atoms with Crippen LogP contribution < -0.4 is 5.32 Å². The number of aromatic amines is 1. The maximum atomic E-state index is 13.2. The number of nitrogens with zero attached hydrogens (tertiary/aromatic N) is 2. The second-order valence-electron chi connectivity index (χ2n) is 8.26. The van der Waals surface area contributed by atoms with Crippen LogP contribution in [-0.2, 0) is 28.1 Å². The van der Waals surface area contributed by atoms with Gasteiger partial charge in [0.05, 0.1) is 0 Å². The van der Waals surface area contributed by atoms with E-state index < -0.39 is 17.5 Å². The summed E-state index contributed by atoms with van der Waals surface area (Å²) in [5.74, 6) is -0.805. The van der Waals surface area contributed by atoms with Gasteiger partial charge in [0.15, 0.2) is 0 Å². The number of para-hydroxylation sites is 1. The van der Waals surface area contributed by atoms with E-state index in [1.165, 1.54) is 6.07 Å². The van der Waals surface area contributed by atoms with Gasteiger partial charge in [0, 0.05) is 57.3 Å². The van der Waals surface area contributed by atoms with E-state index in [4.69, 9.17) is 23.2 Å². The molecule has 2 aromatic carbocycles. The molecule has 32 heavy (non-hydrogen) atoms. The van der Waals surface area contributed by atoms with Gasteiger partial charge in [-0.05, 0) is 25.1 Å². The molecule has 4 amide bonds. The highest BCUT2D eigenvalue weighted by Crippen LogP contribution is 2.35. The highest BCUT2D eigenvalue weighted by molar-refractivity contribution is 6.35. The molecule has 7 nitrogen and oxygen atoms in total. The van der Waals surface area contributed by atoms with Gasteiger partial charge in [-0.3, -0.25) is 14.5 Å². The molecule has 1 fully saturated rings. The number of fused-ring (bicyclic) bond motifs is 3. The number of carbonyl (C=O) groups excluding carboxylic acids is 3. The van der Waals surface area contributed by atoms with Crippen molar-refractivity contribution in [3.05, 3.63) is 69.3 Å². The predicted molar refractivity (Wildman–Crippen MR) is 121 cm³/mol. The zero-order valence-electron chi connectivity index (χ0n) is 17.2. The normalized spacial score (nSPS) is 20.6. The third-order valence-electron chi connectivity index (χ3n) is 6.27. The van der Waals surface area contributed by atoms with Crippen molar-refractivity contribution in [2.45, 2.75) is 25.4 Å². The van der Waals surface area contributed by atoms with Crippen LogP contribution in [0.2, 0.25) is 10.0 Å². The lowest BCUT2D eigenvalue weighted by Gasteiger charge is -2.29. The molecule has 1 atom stereocenters. The second kappa shape index (κ2) is 7.53. The van der Waals surface area contributed by atoms with Crippen LogP contribution in [-0.4, -0.2) is 45.7 Å². The number of benzene rings is 2. The Hall–Kier alpha value is -3.03. The quantitative estimate of drug-likeness (QED) is 0.570. The predicted octanol–water partition coefficient (Wildman–Crippen LogP) is 3.83. The monoisotopic (exact) mass is 470 g/mol. The van der Waals surface area contributed by atoms with Gasteiger partial charge in [0.1, 0.15) is 12.1 Å². The molecule has 2 aliphatic heterocycles. The van der Waals surface area contributed by atoms with E-state index >= 15 is 0 Å². The fourth-order valence-corrected chi connectivity index (χ4v) is 5.13. The van der Waals surface area contributed by atoms with E-state index in [1.807, 2.05) is 24.3 Å². The van der Waals surface area contributed by atoms with Gasteiger partial charge in [-0.1, -0.05) is 47.5 Å². The second-order valence-corrected chi connectivity index (χ2v) is 9.11. The topological polar surface area (TPSA) is 85.5 Å². The lowest BCUT2D eigenvalue weighted by molar-refractivity contribution is -0.139. The van der Waals surface area contributed by atoms with Crippen LogP contribution in [0, 0.1) is 0 Å². The highest BCUT2D eigenvalue weighted by atomic mass is 35.5. The van der Waals surface area contributed by atoms with Crippen LogP contribution in [0.15, 0.2) is 42.5 Å². The van der Waals surface area contributed by atoms with Crippen LogP contribution in [0.3, 0.4) is 0 Å². The third kappa shape index (κ3) is 3.24. The summed E-state index contributed by atoms with van der Waals surface area (Å²) in [6.07, 6.45) is 0.688. The first-order valence-electron chi connectivity index (χ1n) is 10.2. The fourth-order valence-electron chi connectivity index (χ4n) is 4.53. The van der Waals surface area contributed by atoms with E-state index in [-0.39, 0.29) is 17.5 Å². The number of hydrogen-bond acceptors (Lipinski definition) is 3. The average molecular weight is 471 g/mol. The first kappa shape index (κ1) is 20.8. The summed E-state index contributed by atoms with van der Waals surface area (Å²) in [6, 6.07) is 12.1. The van der Waals surface area contributed by atoms with Gasteiger partial charge >= 0.3 is 6.03 Å². The maximum absolute atomic E-state index is 13.2. The largest absolute Gasteiger partial charge is 0.358 e. The number of nitrogens with one attached hydrogen (secondary N) is 2. The van der Waals surface area contributed by atoms with Crippen molar-refractivity contribution < 1.29 is 14.4 Å². The number of hydrogen-bond donors (Lipinski definition) is 2. The minimum absolute atomic E-state index is 0.268. The van der Waals surface area contributed by atoms with Gasteiger partial charge in [-0.2, -0.15) is 0 Å². The number of imide groups is 1. The summed E-state index contributed by atoms with van der Waals surface area (Å²) in [5.41, 5.74) is 2.30. The van der Waals surface area contributed by atoms with Crippen LogP contribution in [0.25, 0.3) is 10.9 Å². The van der Waals surface area contributed by atoms with Gasteiger partial charge in [-0.25, -0.2) is 4.79 Å². The Bertz CT molecular complexity index is 1290. The number of urea groups is 1. The zero-order valence-corrected chi connectivity index (χ0v) is 18.8. The molecule has 1 saturated heterocycles. The van der Waals surface area contributed by atoms with Crippen LogP contribution in [0.4, 0.5) is 4.79 Å². The van der Waals surface area contributed by atoms with Crippen molar-refractivity contribution in [2.24, 2.45) is 0 Å². The van der Waals surface area contributed by atoms with Gasteiger partial charge in [0.2, 0.25) is 5.91 Å². The van der Waals surface area contributed by atoms with Crippen molar-refractivity contribution in [3.8, 4) is 0 Å². The Morgan fingerprint density at radius 3 is 2.72 bits per heavy atom. The molecule has 0 bridgehead atoms. The minimum Gasteiger partial charge on any atom is -0.358 e. The number of amides is 4. The molecule has 5 rings (SSSR count). The summed E-state index contributed by atoms with van der Waals surface area (Å²) in [6.45, 7) is 2.19. The number of carbonyl (C=O) groups is 3. The van der Waals surface area contributed by atoms with Crippen molar-refractivity contribution in [1.82, 2.24) is 20.1 Å². The smallest absolute Gasteiger partial charge is 0.325 e. The molecule has 0 radical (unpaired) electrons. The molecule has 9 heteroatoms. The zero-order chi connectivity index (χ0) is 22.6. The highest BCUT2D eigenvalue weighted by Gasteiger charge is 2.50. The molecular weight excluding hydrogens is 451 g/mol. The summed E-state index contributed by atoms with van der Waals surface area (Å²) in [4.78, 5) is 45.0. The molecule has 2 N–H and O–H groups in total. The maximum Gasteiger partial charge on any atom is 0.325 e. The number of halogens is 2. The Kier molecular flexibility index (Phi) is 4.91. The molecule has 0 aliphatic carbocycles. The molecule has 3 heterocycles. The van der Waals surface area contributed by atoms with Crippen LogP contribution in [0.5, 0.6) is 0 Å². The van der Waals surface area contributed by atoms with Crippen LogP contribution in [0.1, 0.15) is 23.7 Å². The van der Waals surface area contributed by atoms with Crippen molar-refractivity contribution in [1.29, 1.82) is 0 Å². The van der Waals surface area contributed by atoms with Crippen LogP contribution >= 0.6 is 23.2 Å². The van der Waals surface area contributed by atoms with Gasteiger partial charge in [-0.15, -0.1) is 0 Å². The summed E-state index contributed by atoms with van der Waals surface area (Å²) in [5, 5.41) is 4.46. The standard InChI is InChI=1S/C23H20Cl2N4O3/c1-23(16-7-6-13(24)10-17(16)25)21(31)29(22(32)27-23)12-20(30)28-9-8-19-15(11-28)14-4-2-3-5-18(14)26-19/h2-7,10,26H,8-9,11-12H2,1H3,(H,27,32). The van der Waals surface area contributed by atoms with Crippen molar-refractivity contribution in [2.75, 3.05) is 13.1 Å². The first-order valence-corrected chi connectivity index (χ1v) is 11.0. The van der Waals surface area contributed by atoms with Crippen molar-refractivity contribution >= 4 is 52.0 Å². The van der Waals surface area contributed by atoms with E-state index in [2.05, 4.69) is 10.3 Å². The summed E-state index contributed by atoms with van der Waals surface area (Å²) in [7, 11) is 0. The third-order valence-corrected chi connectivity index (χ3v) is 6.82. The molecular formula is C23H20Cl2N4O3. The fraction of sp³-hybridized carbons (Fsp3) is 0.261. The van der Waals surface area contributed by atoms with E-state index in [0.29, 0.717) is 30.1 Å². The number of aromatic nitrogens is 1. The molecule has 3 aromatic rings. The summed E-state index contributed by atoms with van der Waals surface area (Å²) < 4.78 is 0. The van der Waals surface area contributed by atoms with Crippen molar-refractivity contribution in [3.63, 3.8) is 0 Å². The van der Waals surface area contributed by atoms with Gasteiger partial charge in [0.25, 0.3) is 5.91 Å². The molecule has 1 aromatic heterocycles. The molecule has 1 unspecified atom stereocenters.